The quantitative estimate of drug-likeness (QED) is 0.727. The van der Waals surface area contributed by atoms with Gasteiger partial charge in [-0.05, 0) is 40.0 Å². The normalized spacial score (nSPS) is 19.8. The van der Waals surface area contributed by atoms with Gasteiger partial charge in [0.25, 0.3) is 0 Å². The summed E-state index contributed by atoms with van der Waals surface area (Å²) in [6.07, 6.45) is 0.916. The Morgan fingerprint density at radius 3 is 2.56 bits per heavy atom. The lowest BCUT2D eigenvalue weighted by molar-refractivity contribution is -0.144. The molecule has 0 N–H and O–H groups in total. The van der Waals surface area contributed by atoms with Gasteiger partial charge in [-0.25, -0.2) is 4.79 Å². The standard InChI is InChI=1S/C13H23NO4/c1-5-17-11(15)8-10-6-7-14(9-10)12(16)18-13(2,3)4/h10H,5-9H2,1-4H3/t10-/m0/s1. The third-order valence-electron chi connectivity index (χ3n) is 2.70. The van der Waals surface area contributed by atoms with E-state index in [1.54, 1.807) is 11.8 Å². The van der Waals surface area contributed by atoms with Crippen molar-refractivity contribution in [1.82, 2.24) is 4.90 Å². The van der Waals surface area contributed by atoms with Crippen molar-refractivity contribution in [2.24, 2.45) is 5.92 Å². The molecule has 0 saturated carbocycles. The van der Waals surface area contributed by atoms with Crippen LogP contribution in [0.15, 0.2) is 0 Å². The molecule has 1 rings (SSSR count). The molecule has 1 aliphatic heterocycles. The van der Waals surface area contributed by atoms with Gasteiger partial charge in [0.2, 0.25) is 0 Å². The number of ether oxygens (including phenoxy) is 2. The van der Waals surface area contributed by atoms with E-state index in [1.807, 2.05) is 20.8 Å². The van der Waals surface area contributed by atoms with Crippen LogP contribution in [0.4, 0.5) is 4.79 Å². The number of likely N-dealkylation sites (tertiary alicyclic amines) is 1. The van der Waals surface area contributed by atoms with Crippen molar-refractivity contribution < 1.29 is 19.1 Å². The largest absolute Gasteiger partial charge is 0.466 e. The van der Waals surface area contributed by atoms with E-state index in [0.717, 1.165) is 6.42 Å². The molecule has 0 aromatic carbocycles. The Morgan fingerprint density at radius 1 is 1.33 bits per heavy atom. The molecule has 0 bridgehead atoms. The average Bonchev–Trinajstić information content (AvgIpc) is 2.63. The first-order valence-corrected chi connectivity index (χ1v) is 6.45. The van der Waals surface area contributed by atoms with Crippen molar-refractivity contribution in [2.45, 2.75) is 46.1 Å². The summed E-state index contributed by atoms with van der Waals surface area (Å²) < 4.78 is 10.2. The molecule has 18 heavy (non-hydrogen) atoms. The van der Waals surface area contributed by atoms with E-state index < -0.39 is 5.60 Å². The van der Waals surface area contributed by atoms with E-state index in [2.05, 4.69) is 0 Å². The van der Waals surface area contributed by atoms with Crippen molar-refractivity contribution in [3.05, 3.63) is 0 Å². The molecule has 5 heteroatoms. The second-order valence-electron chi connectivity index (χ2n) is 5.59. The van der Waals surface area contributed by atoms with Gasteiger partial charge in [-0.15, -0.1) is 0 Å². The summed E-state index contributed by atoms with van der Waals surface area (Å²) in [4.78, 5) is 24.8. The molecule has 1 aliphatic rings. The molecule has 1 amide bonds. The highest BCUT2D eigenvalue weighted by Gasteiger charge is 2.30. The maximum absolute atomic E-state index is 11.8. The van der Waals surface area contributed by atoms with Gasteiger partial charge >= 0.3 is 12.1 Å². The van der Waals surface area contributed by atoms with Crippen molar-refractivity contribution in [3.8, 4) is 0 Å². The SMILES string of the molecule is CCOC(=O)C[C@@H]1CCN(C(=O)OC(C)(C)C)C1. The van der Waals surface area contributed by atoms with Crippen molar-refractivity contribution in [1.29, 1.82) is 0 Å². The minimum atomic E-state index is -0.476. The van der Waals surface area contributed by atoms with Gasteiger partial charge in [0.05, 0.1) is 13.0 Å². The lowest BCUT2D eigenvalue weighted by atomic mass is 10.1. The van der Waals surface area contributed by atoms with Crippen LogP contribution in [0.25, 0.3) is 0 Å². The van der Waals surface area contributed by atoms with E-state index in [4.69, 9.17) is 9.47 Å². The molecule has 0 unspecified atom stereocenters. The predicted octanol–water partition coefficient (Wildman–Crippen LogP) is 2.20. The van der Waals surface area contributed by atoms with Crippen LogP contribution in [0.3, 0.4) is 0 Å². The van der Waals surface area contributed by atoms with E-state index >= 15 is 0 Å². The van der Waals surface area contributed by atoms with Gasteiger partial charge in [0, 0.05) is 13.1 Å². The van der Waals surface area contributed by atoms with Gasteiger partial charge in [-0.3, -0.25) is 4.79 Å². The highest BCUT2D eigenvalue weighted by atomic mass is 16.6. The highest BCUT2D eigenvalue weighted by Crippen LogP contribution is 2.22. The Labute approximate surface area is 108 Å². The molecule has 1 saturated heterocycles. The summed E-state index contributed by atoms with van der Waals surface area (Å²) in [6, 6.07) is 0. The molecule has 1 heterocycles. The molecule has 0 aliphatic carbocycles. The fourth-order valence-electron chi connectivity index (χ4n) is 1.95. The molecule has 0 aromatic rings. The summed E-state index contributed by atoms with van der Waals surface area (Å²) in [5.41, 5.74) is -0.476. The number of carbonyl (C=O) groups is 2. The maximum Gasteiger partial charge on any atom is 0.410 e. The lowest BCUT2D eigenvalue weighted by Crippen LogP contribution is -2.35. The molecule has 104 valence electrons. The molecule has 1 atom stereocenters. The molecule has 5 nitrogen and oxygen atoms in total. The summed E-state index contributed by atoms with van der Waals surface area (Å²) in [5, 5.41) is 0. The van der Waals surface area contributed by atoms with Crippen LogP contribution in [0.2, 0.25) is 0 Å². The van der Waals surface area contributed by atoms with Crippen molar-refractivity contribution >= 4 is 12.1 Å². The Hall–Kier alpha value is -1.26. The zero-order valence-corrected chi connectivity index (χ0v) is 11.7. The summed E-state index contributed by atoms with van der Waals surface area (Å²) >= 11 is 0. The number of carbonyl (C=O) groups excluding carboxylic acids is 2. The molecule has 1 fully saturated rings. The summed E-state index contributed by atoms with van der Waals surface area (Å²) in [6.45, 7) is 8.96. The van der Waals surface area contributed by atoms with Crippen LogP contribution >= 0.6 is 0 Å². The lowest BCUT2D eigenvalue weighted by Gasteiger charge is -2.24. The first kappa shape index (κ1) is 14.8. The number of rotatable bonds is 3. The Kier molecular flexibility index (Phi) is 4.99. The fourth-order valence-corrected chi connectivity index (χ4v) is 1.95. The molecular formula is C13H23NO4. The second-order valence-corrected chi connectivity index (χ2v) is 5.59. The van der Waals surface area contributed by atoms with E-state index in [1.165, 1.54) is 0 Å². The third kappa shape index (κ3) is 4.94. The predicted molar refractivity (Wildman–Crippen MR) is 67.2 cm³/mol. The molecule has 0 spiro atoms. The Morgan fingerprint density at radius 2 is 2.00 bits per heavy atom. The zero-order valence-electron chi connectivity index (χ0n) is 11.7. The first-order valence-electron chi connectivity index (χ1n) is 6.45. The highest BCUT2D eigenvalue weighted by molar-refractivity contribution is 5.71. The monoisotopic (exact) mass is 257 g/mol. The fraction of sp³-hybridized carbons (Fsp3) is 0.846. The summed E-state index contributed by atoms with van der Waals surface area (Å²) in [7, 11) is 0. The Bertz CT molecular complexity index is 309. The molecular weight excluding hydrogens is 234 g/mol. The van der Waals surface area contributed by atoms with E-state index in [0.29, 0.717) is 26.1 Å². The number of hydrogen-bond donors (Lipinski definition) is 0. The number of nitrogens with zero attached hydrogens (tertiary/aromatic N) is 1. The molecule has 0 aromatic heterocycles. The molecule has 0 radical (unpaired) electrons. The maximum atomic E-state index is 11.8. The van der Waals surface area contributed by atoms with Gasteiger partial charge in [-0.1, -0.05) is 0 Å². The summed E-state index contributed by atoms with van der Waals surface area (Å²) in [5.74, 6) is 0.00473. The van der Waals surface area contributed by atoms with Gasteiger partial charge in [0.1, 0.15) is 5.60 Å². The first-order chi connectivity index (χ1) is 8.31. The van der Waals surface area contributed by atoms with E-state index in [-0.39, 0.29) is 18.0 Å². The second kappa shape index (κ2) is 6.07. The number of esters is 1. The van der Waals surface area contributed by atoms with Gasteiger partial charge in [-0.2, -0.15) is 0 Å². The smallest absolute Gasteiger partial charge is 0.410 e. The van der Waals surface area contributed by atoms with Crippen LogP contribution in [0.5, 0.6) is 0 Å². The minimum absolute atomic E-state index is 0.187. The van der Waals surface area contributed by atoms with Crippen LogP contribution in [0.1, 0.15) is 40.5 Å². The van der Waals surface area contributed by atoms with Crippen LogP contribution < -0.4 is 0 Å². The topological polar surface area (TPSA) is 55.8 Å². The van der Waals surface area contributed by atoms with Crippen LogP contribution in [-0.2, 0) is 14.3 Å². The average molecular weight is 257 g/mol. The van der Waals surface area contributed by atoms with E-state index in [9.17, 15) is 9.59 Å². The van der Waals surface area contributed by atoms with Crippen LogP contribution in [-0.4, -0.2) is 42.3 Å². The van der Waals surface area contributed by atoms with Gasteiger partial charge < -0.3 is 14.4 Å². The van der Waals surface area contributed by atoms with Crippen molar-refractivity contribution in [3.63, 3.8) is 0 Å². The Balaban J connectivity index is 2.37. The third-order valence-corrected chi connectivity index (χ3v) is 2.70. The zero-order chi connectivity index (χ0) is 13.8. The minimum Gasteiger partial charge on any atom is -0.466 e. The van der Waals surface area contributed by atoms with Crippen molar-refractivity contribution in [2.75, 3.05) is 19.7 Å². The van der Waals surface area contributed by atoms with Gasteiger partial charge in [0.15, 0.2) is 0 Å². The van der Waals surface area contributed by atoms with Crippen LogP contribution in [0, 0.1) is 5.92 Å². The number of hydrogen-bond acceptors (Lipinski definition) is 4. The number of amides is 1.